The first-order valence-corrected chi connectivity index (χ1v) is 4.84. The number of likely N-dealkylation sites (N-methyl/N-ethyl adjacent to an activating group) is 1. The molecule has 0 N–H and O–H groups in total. The molecule has 0 saturated heterocycles. The molecular weight excluding hydrogens is 178 g/mol. The van der Waals surface area contributed by atoms with Crippen molar-refractivity contribution < 1.29 is 14.0 Å². The average Bonchev–Trinajstić information content (AvgIpc) is 2.12. The fraction of sp³-hybridized carbons (Fsp3) is 0.727. The van der Waals surface area contributed by atoms with E-state index in [1.165, 1.54) is 0 Å². The van der Waals surface area contributed by atoms with Crippen molar-refractivity contribution in [3.05, 3.63) is 12.2 Å². The summed E-state index contributed by atoms with van der Waals surface area (Å²) in [4.78, 5) is 11.7. The Kier molecular flexibility index (Phi) is 5.02. The lowest BCUT2D eigenvalue weighted by atomic mass is 10.1. The first-order chi connectivity index (χ1) is 6.33. The minimum Gasteiger partial charge on any atom is -0.379 e. The molecule has 0 aromatic rings. The van der Waals surface area contributed by atoms with Crippen LogP contribution < -0.4 is 0 Å². The van der Waals surface area contributed by atoms with Gasteiger partial charge in [0.25, 0.3) is 0 Å². The van der Waals surface area contributed by atoms with Crippen LogP contribution in [-0.4, -0.2) is 50.7 Å². The van der Waals surface area contributed by atoms with E-state index in [2.05, 4.69) is 6.58 Å². The fourth-order valence-electron chi connectivity index (χ4n) is 1.19. The number of hydrogen-bond acceptors (Lipinski definition) is 2. The maximum absolute atomic E-state index is 11.7. The summed E-state index contributed by atoms with van der Waals surface area (Å²) in [6, 6.07) is -0.0531. The Bertz CT molecular complexity index is 221. The Hall–Kier alpha value is -0.670. The molecule has 0 fully saturated rings. The second kappa shape index (κ2) is 5.27. The minimum absolute atomic E-state index is 0.0531. The molecule has 0 amide bonds. The van der Waals surface area contributed by atoms with Crippen molar-refractivity contribution in [1.82, 2.24) is 0 Å². The fourth-order valence-corrected chi connectivity index (χ4v) is 1.19. The molecule has 0 saturated carbocycles. The number of quaternary nitrogens is 1. The smallest absolute Gasteiger partial charge is 0.214 e. The van der Waals surface area contributed by atoms with Crippen LogP contribution in [0.5, 0.6) is 0 Å². The summed E-state index contributed by atoms with van der Waals surface area (Å²) in [7, 11) is 5.74. The van der Waals surface area contributed by atoms with Gasteiger partial charge in [-0.15, -0.1) is 0 Å². The molecule has 0 heterocycles. The lowest BCUT2D eigenvalue weighted by molar-refractivity contribution is -0.904. The van der Waals surface area contributed by atoms with Gasteiger partial charge in [-0.3, -0.25) is 4.79 Å². The number of carbonyl (C=O) groups excluding carboxylic acids is 1. The maximum Gasteiger partial charge on any atom is 0.214 e. The zero-order chi connectivity index (χ0) is 11.4. The van der Waals surface area contributed by atoms with Gasteiger partial charge in [0.1, 0.15) is 12.6 Å². The summed E-state index contributed by atoms with van der Waals surface area (Å²) >= 11 is 0. The predicted octanol–water partition coefficient (Wildman–Crippen LogP) is 1.24. The summed E-state index contributed by atoms with van der Waals surface area (Å²) in [6.45, 7) is 8.87. The lowest BCUT2D eigenvalue weighted by Gasteiger charge is -2.35. The SMILES string of the molecule is C=C(C)C(=O)C(C)[N+](C)(C)CCOC. The van der Waals surface area contributed by atoms with E-state index in [1.54, 1.807) is 14.0 Å². The largest absolute Gasteiger partial charge is 0.379 e. The second-order valence-corrected chi connectivity index (χ2v) is 4.32. The van der Waals surface area contributed by atoms with Gasteiger partial charge in [-0.25, -0.2) is 0 Å². The summed E-state index contributed by atoms with van der Waals surface area (Å²) in [6.07, 6.45) is 0. The van der Waals surface area contributed by atoms with E-state index >= 15 is 0 Å². The number of Topliss-reactive ketones (excluding diaryl/α,β-unsaturated/α-hetero) is 1. The third-order valence-corrected chi connectivity index (χ3v) is 2.72. The lowest BCUT2D eigenvalue weighted by Crippen LogP contribution is -2.53. The molecule has 0 aromatic carbocycles. The molecule has 3 nitrogen and oxygen atoms in total. The average molecular weight is 200 g/mol. The Labute approximate surface area is 86.9 Å². The summed E-state index contributed by atoms with van der Waals surface area (Å²) in [5.41, 5.74) is 0.626. The molecule has 0 aliphatic carbocycles. The number of ketones is 1. The van der Waals surface area contributed by atoms with Crippen LogP contribution >= 0.6 is 0 Å². The first-order valence-electron chi connectivity index (χ1n) is 4.84. The van der Waals surface area contributed by atoms with Crippen LogP contribution in [0.3, 0.4) is 0 Å². The van der Waals surface area contributed by atoms with Crippen molar-refractivity contribution in [3.63, 3.8) is 0 Å². The van der Waals surface area contributed by atoms with Gasteiger partial charge in [0.2, 0.25) is 5.78 Å². The van der Waals surface area contributed by atoms with Gasteiger partial charge < -0.3 is 9.22 Å². The highest BCUT2D eigenvalue weighted by Gasteiger charge is 2.30. The van der Waals surface area contributed by atoms with Crippen LogP contribution in [0, 0.1) is 0 Å². The molecule has 1 atom stereocenters. The molecule has 0 aliphatic rings. The molecule has 0 rings (SSSR count). The van der Waals surface area contributed by atoms with E-state index in [0.717, 1.165) is 6.54 Å². The van der Waals surface area contributed by atoms with E-state index in [0.29, 0.717) is 16.7 Å². The van der Waals surface area contributed by atoms with Crippen molar-refractivity contribution in [2.75, 3.05) is 34.4 Å². The summed E-state index contributed by atoms with van der Waals surface area (Å²) in [5, 5.41) is 0. The molecular formula is C11H22NO2+. The normalized spacial score (nSPS) is 13.8. The van der Waals surface area contributed by atoms with Crippen molar-refractivity contribution in [2.24, 2.45) is 0 Å². The second-order valence-electron chi connectivity index (χ2n) is 4.32. The van der Waals surface area contributed by atoms with Gasteiger partial charge >= 0.3 is 0 Å². The number of methoxy groups -OCH3 is 1. The number of rotatable bonds is 6. The minimum atomic E-state index is -0.0531. The van der Waals surface area contributed by atoms with Gasteiger partial charge in [0.05, 0.1) is 20.7 Å². The maximum atomic E-state index is 11.7. The van der Waals surface area contributed by atoms with Crippen LogP contribution in [0.1, 0.15) is 13.8 Å². The molecule has 82 valence electrons. The molecule has 1 unspecified atom stereocenters. The third kappa shape index (κ3) is 3.60. The Morgan fingerprint density at radius 1 is 1.50 bits per heavy atom. The molecule has 14 heavy (non-hydrogen) atoms. The Morgan fingerprint density at radius 3 is 2.36 bits per heavy atom. The molecule has 3 heteroatoms. The monoisotopic (exact) mass is 200 g/mol. The zero-order valence-corrected chi connectivity index (χ0v) is 9.96. The topological polar surface area (TPSA) is 26.3 Å². The van der Waals surface area contributed by atoms with Crippen molar-refractivity contribution in [1.29, 1.82) is 0 Å². The van der Waals surface area contributed by atoms with Crippen LogP contribution in [0.4, 0.5) is 0 Å². The van der Waals surface area contributed by atoms with Gasteiger partial charge in [0, 0.05) is 7.11 Å². The highest BCUT2D eigenvalue weighted by Crippen LogP contribution is 2.10. The van der Waals surface area contributed by atoms with Gasteiger partial charge in [-0.1, -0.05) is 6.58 Å². The number of ether oxygens (including phenoxy) is 1. The van der Waals surface area contributed by atoms with Crippen molar-refractivity contribution in [3.8, 4) is 0 Å². The Morgan fingerprint density at radius 2 is 2.00 bits per heavy atom. The van der Waals surface area contributed by atoms with Crippen LogP contribution in [0.25, 0.3) is 0 Å². The van der Waals surface area contributed by atoms with Gasteiger partial charge in [0.15, 0.2) is 0 Å². The van der Waals surface area contributed by atoms with E-state index in [1.807, 2.05) is 21.0 Å². The van der Waals surface area contributed by atoms with Crippen LogP contribution in [0.15, 0.2) is 12.2 Å². The summed E-state index contributed by atoms with van der Waals surface area (Å²) in [5.74, 6) is 0.131. The molecule has 0 aromatic heterocycles. The quantitative estimate of drug-likeness (QED) is 0.476. The van der Waals surface area contributed by atoms with Crippen LogP contribution in [-0.2, 0) is 9.53 Å². The van der Waals surface area contributed by atoms with E-state index in [-0.39, 0.29) is 11.8 Å². The first kappa shape index (κ1) is 13.3. The highest BCUT2D eigenvalue weighted by atomic mass is 16.5. The standard InChI is InChI=1S/C11H22NO2/c1-9(2)11(13)10(3)12(4,5)7-8-14-6/h10H,1,7-8H2,2-6H3/q+1. The Balaban J connectivity index is 4.40. The summed E-state index contributed by atoms with van der Waals surface area (Å²) < 4.78 is 5.66. The highest BCUT2D eigenvalue weighted by molar-refractivity contribution is 5.97. The van der Waals surface area contributed by atoms with Crippen molar-refractivity contribution >= 4 is 5.78 Å². The zero-order valence-electron chi connectivity index (χ0n) is 9.96. The number of nitrogens with zero attached hydrogens (tertiary/aromatic N) is 1. The molecule has 0 bridgehead atoms. The molecule has 0 radical (unpaired) electrons. The van der Waals surface area contributed by atoms with E-state index in [4.69, 9.17) is 4.74 Å². The number of hydrogen-bond donors (Lipinski definition) is 0. The molecule has 0 aliphatic heterocycles. The third-order valence-electron chi connectivity index (χ3n) is 2.72. The van der Waals surface area contributed by atoms with Gasteiger partial charge in [-0.2, -0.15) is 0 Å². The molecule has 0 spiro atoms. The van der Waals surface area contributed by atoms with Gasteiger partial charge in [-0.05, 0) is 19.4 Å². The van der Waals surface area contributed by atoms with Crippen LogP contribution in [0.2, 0.25) is 0 Å². The van der Waals surface area contributed by atoms with Crippen molar-refractivity contribution in [2.45, 2.75) is 19.9 Å². The van der Waals surface area contributed by atoms with E-state index in [9.17, 15) is 4.79 Å². The van der Waals surface area contributed by atoms with E-state index < -0.39 is 0 Å². The number of carbonyl (C=O) groups is 1. The predicted molar refractivity (Wildman–Crippen MR) is 58.1 cm³/mol.